The van der Waals surface area contributed by atoms with Crippen molar-refractivity contribution in [3.63, 3.8) is 0 Å². The fourth-order valence-electron chi connectivity index (χ4n) is 4.21. The van der Waals surface area contributed by atoms with Gasteiger partial charge < -0.3 is 5.11 Å². The van der Waals surface area contributed by atoms with E-state index in [2.05, 4.69) is 6.92 Å². The van der Waals surface area contributed by atoms with Gasteiger partial charge in [0.15, 0.2) is 0 Å². The van der Waals surface area contributed by atoms with Crippen LogP contribution in [0.3, 0.4) is 0 Å². The van der Waals surface area contributed by atoms with Gasteiger partial charge in [0.2, 0.25) is 0 Å². The summed E-state index contributed by atoms with van der Waals surface area (Å²) in [5.74, 6) is -0.146. The molecule has 1 N–H and O–H groups in total. The van der Waals surface area contributed by atoms with Gasteiger partial charge in [-0.3, -0.25) is 4.79 Å². The lowest BCUT2D eigenvalue weighted by Gasteiger charge is -2.36. The van der Waals surface area contributed by atoms with Crippen LogP contribution in [0.15, 0.2) is 0 Å². The number of carboxylic acids is 1. The molecule has 0 saturated heterocycles. The largest absolute Gasteiger partial charge is 0.481 e. The van der Waals surface area contributed by atoms with Gasteiger partial charge >= 0.3 is 5.97 Å². The Hall–Kier alpha value is -0.530. The third-order valence-electron chi connectivity index (χ3n) is 6.04. The zero-order valence-corrected chi connectivity index (χ0v) is 15.7. The summed E-state index contributed by atoms with van der Waals surface area (Å²) in [5.41, 5.74) is -0.472. The Labute approximate surface area is 144 Å². The van der Waals surface area contributed by atoms with E-state index in [0.717, 1.165) is 25.7 Å². The maximum absolute atomic E-state index is 11.8. The molecule has 2 heteroatoms. The van der Waals surface area contributed by atoms with Crippen LogP contribution < -0.4 is 0 Å². The molecule has 23 heavy (non-hydrogen) atoms. The second-order valence-electron chi connectivity index (χ2n) is 7.99. The highest BCUT2D eigenvalue weighted by Gasteiger charge is 2.40. The molecule has 0 aliphatic heterocycles. The van der Waals surface area contributed by atoms with Crippen molar-refractivity contribution < 1.29 is 9.90 Å². The van der Waals surface area contributed by atoms with E-state index < -0.39 is 11.4 Å². The first-order valence-corrected chi connectivity index (χ1v) is 10.3. The zero-order valence-electron chi connectivity index (χ0n) is 15.7. The van der Waals surface area contributed by atoms with Crippen molar-refractivity contribution in [2.75, 3.05) is 0 Å². The maximum Gasteiger partial charge on any atom is 0.309 e. The SMILES string of the molecule is CCCCCCCCCCCCC(C)(C(=O)O)C1CCCCC1. The van der Waals surface area contributed by atoms with Crippen LogP contribution in [0.25, 0.3) is 0 Å². The average Bonchev–Trinajstić information content (AvgIpc) is 2.57. The third-order valence-corrected chi connectivity index (χ3v) is 6.04. The molecule has 1 atom stereocenters. The third kappa shape index (κ3) is 7.72. The van der Waals surface area contributed by atoms with Crippen molar-refractivity contribution in [2.24, 2.45) is 11.3 Å². The Morgan fingerprint density at radius 2 is 1.35 bits per heavy atom. The van der Waals surface area contributed by atoms with E-state index in [1.165, 1.54) is 77.0 Å². The van der Waals surface area contributed by atoms with Crippen molar-refractivity contribution in [3.05, 3.63) is 0 Å². The minimum Gasteiger partial charge on any atom is -0.481 e. The van der Waals surface area contributed by atoms with E-state index in [-0.39, 0.29) is 0 Å². The van der Waals surface area contributed by atoms with Crippen LogP contribution in [-0.4, -0.2) is 11.1 Å². The van der Waals surface area contributed by atoms with Crippen LogP contribution in [0.2, 0.25) is 0 Å². The Morgan fingerprint density at radius 3 is 1.83 bits per heavy atom. The second-order valence-corrected chi connectivity index (χ2v) is 7.99. The molecule has 2 nitrogen and oxygen atoms in total. The molecule has 0 bridgehead atoms. The van der Waals surface area contributed by atoms with Gasteiger partial charge in [0, 0.05) is 0 Å². The van der Waals surface area contributed by atoms with Gasteiger partial charge in [-0.05, 0) is 32.1 Å². The van der Waals surface area contributed by atoms with Crippen LogP contribution >= 0.6 is 0 Å². The lowest BCUT2D eigenvalue weighted by Crippen LogP contribution is -2.37. The highest BCUT2D eigenvalue weighted by atomic mass is 16.4. The number of hydrogen-bond acceptors (Lipinski definition) is 1. The van der Waals surface area contributed by atoms with Crippen LogP contribution in [-0.2, 0) is 4.79 Å². The summed E-state index contributed by atoms with van der Waals surface area (Å²) >= 11 is 0. The number of hydrogen-bond donors (Lipinski definition) is 1. The molecule has 0 aromatic heterocycles. The molecule has 0 spiro atoms. The van der Waals surface area contributed by atoms with Gasteiger partial charge in [0.1, 0.15) is 0 Å². The minimum absolute atomic E-state index is 0.410. The second kappa shape index (κ2) is 11.9. The Balaban J connectivity index is 2.12. The molecule has 0 radical (unpaired) electrons. The van der Waals surface area contributed by atoms with Gasteiger partial charge in [0.05, 0.1) is 5.41 Å². The van der Waals surface area contributed by atoms with Crippen LogP contribution in [0.4, 0.5) is 0 Å². The van der Waals surface area contributed by atoms with E-state index in [0.29, 0.717) is 5.92 Å². The number of rotatable bonds is 13. The Kier molecular flexibility index (Phi) is 10.6. The number of unbranched alkanes of at least 4 members (excludes halogenated alkanes) is 9. The van der Waals surface area contributed by atoms with E-state index in [1.54, 1.807) is 0 Å². The van der Waals surface area contributed by atoms with Crippen LogP contribution in [0, 0.1) is 11.3 Å². The molecule has 1 fully saturated rings. The van der Waals surface area contributed by atoms with Crippen LogP contribution in [0.5, 0.6) is 0 Å². The fraction of sp³-hybridized carbons (Fsp3) is 0.952. The fourth-order valence-corrected chi connectivity index (χ4v) is 4.21. The molecule has 0 aromatic carbocycles. The number of carboxylic acid groups (broad SMARTS) is 1. The highest BCUT2D eigenvalue weighted by Crippen LogP contribution is 2.42. The highest BCUT2D eigenvalue weighted by molar-refractivity contribution is 5.74. The summed E-state index contributed by atoms with van der Waals surface area (Å²) in [7, 11) is 0. The van der Waals surface area contributed by atoms with Crippen LogP contribution in [0.1, 0.15) is 117 Å². The Bertz CT molecular complexity index is 307. The predicted octanol–water partition coefficient (Wildman–Crippen LogP) is 6.97. The first-order chi connectivity index (χ1) is 11.1. The topological polar surface area (TPSA) is 37.3 Å². The first kappa shape index (κ1) is 20.5. The number of aliphatic carboxylic acids is 1. The van der Waals surface area contributed by atoms with Gasteiger partial charge in [-0.1, -0.05) is 90.4 Å². The van der Waals surface area contributed by atoms with E-state index in [1.807, 2.05) is 6.92 Å². The summed E-state index contributed by atoms with van der Waals surface area (Å²) in [4.78, 5) is 11.8. The normalized spacial score (nSPS) is 18.7. The van der Waals surface area contributed by atoms with Gasteiger partial charge in [-0.25, -0.2) is 0 Å². The molecular formula is C21H40O2. The van der Waals surface area contributed by atoms with E-state index >= 15 is 0 Å². The van der Waals surface area contributed by atoms with Crippen molar-refractivity contribution in [1.29, 1.82) is 0 Å². The summed E-state index contributed by atoms with van der Waals surface area (Å²) in [6.45, 7) is 4.28. The Morgan fingerprint density at radius 1 is 0.870 bits per heavy atom. The molecule has 0 aromatic rings. The van der Waals surface area contributed by atoms with Gasteiger partial charge in [0.25, 0.3) is 0 Å². The molecule has 1 saturated carbocycles. The van der Waals surface area contributed by atoms with Gasteiger partial charge in [-0.2, -0.15) is 0 Å². The van der Waals surface area contributed by atoms with Crippen molar-refractivity contribution in [3.8, 4) is 0 Å². The predicted molar refractivity (Wildman–Crippen MR) is 98.8 cm³/mol. The molecule has 1 aliphatic carbocycles. The maximum atomic E-state index is 11.8. The van der Waals surface area contributed by atoms with Crippen molar-refractivity contribution >= 4 is 5.97 Å². The smallest absolute Gasteiger partial charge is 0.309 e. The zero-order chi connectivity index (χ0) is 17.0. The molecule has 0 amide bonds. The van der Waals surface area contributed by atoms with Crippen molar-refractivity contribution in [1.82, 2.24) is 0 Å². The summed E-state index contributed by atoms with van der Waals surface area (Å²) in [6.07, 6.45) is 20.1. The van der Waals surface area contributed by atoms with E-state index in [9.17, 15) is 9.90 Å². The molecule has 0 heterocycles. The first-order valence-electron chi connectivity index (χ1n) is 10.3. The monoisotopic (exact) mass is 324 g/mol. The quantitative estimate of drug-likeness (QED) is 0.371. The molecule has 1 aliphatic rings. The van der Waals surface area contributed by atoms with Gasteiger partial charge in [-0.15, -0.1) is 0 Å². The van der Waals surface area contributed by atoms with E-state index in [4.69, 9.17) is 0 Å². The summed E-state index contributed by atoms with van der Waals surface area (Å²) in [5, 5.41) is 9.73. The standard InChI is InChI=1S/C21H40O2/c1-3-4-5-6-7-8-9-10-11-15-18-21(2,20(22)23)19-16-13-12-14-17-19/h19H,3-18H2,1-2H3,(H,22,23). The minimum atomic E-state index is -0.555. The molecule has 136 valence electrons. The summed E-state index contributed by atoms with van der Waals surface area (Å²) in [6, 6.07) is 0. The lowest BCUT2D eigenvalue weighted by molar-refractivity contribution is -0.153. The molecular weight excluding hydrogens is 284 g/mol. The summed E-state index contributed by atoms with van der Waals surface area (Å²) < 4.78 is 0. The molecule has 1 unspecified atom stereocenters. The molecule has 1 rings (SSSR count). The number of carbonyl (C=O) groups is 1. The lowest BCUT2D eigenvalue weighted by atomic mass is 9.67. The van der Waals surface area contributed by atoms with Crippen molar-refractivity contribution in [2.45, 2.75) is 117 Å². The average molecular weight is 325 g/mol.